The Morgan fingerprint density at radius 2 is 1.55 bits per heavy atom. The monoisotopic (exact) mass is 290 g/mol. The van der Waals surface area contributed by atoms with E-state index in [0.29, 0.717) is 0 Å². The van der Waals surface area contributed by atoms with Crippen LogP contribution in [0.1, 0.15) is 11.1 Å². The number of hydrogen-bond donors (Lipinski definition) is 0. The largest absolute Gasteiger partial charge is 0.568 e. The Balaban J connectivity index is 2.54. The van der Waals surface area contributed by atoms with Crippen LogP contribution in [0.5, 0.6) is 11.5 Å². The van der Waals surface area contributed by atoms with Gasteiger partial charge in [-0.3, -0.25) is 0 Å². The molecule has 0 spiro atoms. The molecule has 0 atom stereocenters. The van der Waals surface area contributed by atoms with Gasteiger partial charge in [0.05, 0.1) is 0 Å². The molecule has 0 heterocycles. The molecule has 110 valence electrons. The van der Waals surface area contributed by atoms with Crippen LogP contribution in [0.2, 0.25) is 0 Å². The summed E-state index contributed by atoms with van der Waals surface area (Å²) in [6.45, 7) is 7.62. The molecule has 0 saturated heterocycles. The van der Waals surface area contributed by atoms with Gasteiger partial charge in [-0.2, -0.15) is 0 Å². The van der Waals surface area contributed by atoms with E-state index in [-0.39, 0.29) is 0 Å². The molecule has 0 aromatic heterocycles. The van der Waals surface area contributed by atoms with Gasteiger partial charge in [-0.05, 0) is 53.8 Å². The number of allylic oxidation sites excluding steroid dienone is 2. The molecule has 0 amide bonds. The van der Waals surface area contributed by atoms with Gasteiger partial charge in [0, 0.05) is 5.56 Å². The van der Waals surface area contributed by atoms with Crippen LogP contribution in [0.15, 0.2) is 61.7 Å². The van der Waals surface area contributed by atoms with E-state index in [9.17, 15) is 0 Å². The maximum absolute atomic E-state index is 5.51. The van der Waals surface area contributed by atoms with Crippen molar-refractivity contribution >= 4 is 16.1 Å². The molecule has 0 fully saturated rings. The smallest absolute Gasteiger partial charge is 0.322 e. The second-order valence-corrected chi connectivity index (χ2v) is 5.05. The van der Waals surface area contributed by atoms with Crippen molar-refractivity contribution in [1.29, 1.82) is 0 Å². The van der Waals surface area contributed by atoms with Crippen LogP contribution in [0.25, 0.3) is 11.1 Å². The average molecular weight is 290 g/mol. The van der Waals surface area contributed by atoms with Gasteiger partial charge < -0.3 is 9.31 Å². The Hall–Kier alpha value is -2.35. The van der Waals surface area contributed by atoms with E-state index in [1.54, 1.807) is 16.1 Å². The Kier molecular flexibility index (Phi) is 5.54. The first-order valence-corrected chi connectivity index (χ1v) is 7.29. The molecule has 0 N–H and O–H groups in total. The lowest BCUT2D eigenvalue weighted by Crippen LogP contribution is -1.95. The molecule has 0 radical (unpaired) electrons. The highest BCUT2D eigenvalue weighted by atomic mass is 16.4. The van der Waals surface area contributed by atoms with Crippen molar-refractivity contribution in [2.45, 2.75) is 12.8 Å². The van der Waals surface area contributed by atoms with E-state index in [1.165, 1.54) is 5.56 Å². The lowest BCUT2D eigenvalue weighted by molar-refractivity contribution is 0.607. The van der Waals surface area contributed by atoms with Crippen LogP contribution < -0.4 is 9.31 Å². The molecule has 2 aromatic rings. The predicted molar refractivity (Wildman–Crippen MR) is 98.0 cm³/mol. The molecule has 0 bridgehead atoms. The summed E-state index contributed by atoms with van der Waals surface area (Å²) < 4.78 is 10.9. The fourth-order valence-corrected chi connectivity index (χ4v) is 2.54. The summed E-state index contributed by atoms with van der Waals surface area (Å²) in [5.74, 6) is 1.74. The highest BCUT2D eigenvalue weighted by Crippen LogP contribution is 2.34. The first-order valence-electron chi connectivity index (χ1n) is 7.29. The Morgan fingerprint density at radius 1 is 0.864 bits per heavy atom. The summed E-state index contributed by atoms with van der Waals surface area (Å²) in [6, 6.07) is 12.4. The van der Waals surface area contributed by atoms with Crippen LogP contribution in [-0.4, -0.2) is 16.1 Å². The maximum atomic E-state index is 5.51. The summed E-state index contributed by atoms with van der Waals surface area (Å²) in [5, 5.41) is 0. The molecule has 2 aromatic carbocycles. The van der Waals surface area contributed by atoms with Crippen molar-refractivity contribution in [3.05, 3.63) is 72.8 Å². The Morgan fingerprint density at radius 3 is 2.18 bits per heavy atom. The molecule has 2 nitrogen and oxygen atoms in total. The average Bonchev–Trinajstić information content (AvgIpc) is 2.55. The molecule has 0 aliphatic carbocycles. The van der Waals surface area contributed by atoms with Crippen LogP contribution >= 0.6 is 0 Å². The number of benzene rings is 2. The maximum Gasteiger partial charge on any atom is 0.322 e. The molecular weight excluding hydrogens is 270 g/mol. The van der Waals surface area contributed by atoms with Gasteiger partial charge in [0.1, 0.15) is 11.5 Å². The van der Waals surface area contributed by atoms with Crippen LogP contribution in [0.4, 0.5) is 0 Å². The molecule has 4 heteroatoms. The third kappa shape index (κ3) is 3.45. The van der Waals surface area contributed by atoms with E-state index in [2.05, 4.69) is 37.4 Å². The third-order valence-corrected chi connectivity index (χ3v) is 3.60. The molecule has 0 saturated carbocycles. The minimum atomic E-state index is 0.770. The summed E-state index contributed by atoms with van der Waals surface area (Å²) in [5.41, 5.74) is 4.52. The fraction of sp³-hybridized carbons (Fsp3) is 0.111. The summed E-state index contributed by atoms with van der Waals surface area (Å²) in [7, 11) is 3.38. The Labute approximate surface area is 134 Å². The highest BCUT2D eigenvalue weighted by molar-refractivity contribution is 6.01. The van der Waals surface area contributed by atoms with Gasteiger partial charge in [0.15, 0.2) is 0 Å². The van der Waals surface area contributed by atoms with Crippen molar-refractivity contribution in [1.82, 2.24) is 0 Å². The molecule has 22 heavy (non-hydrogen) atoms. The van der Waals surface area contributed by atoms with E-state index in [1.807, 2.05) is 24.3 Å². The van der Waals surface area contributed by atoms with E-state index in [4.69, 9.17) is 9.31 Å². The SMILES string of the molecule is BOc1ccc(-c2cc(CC=C)ccc2OB)cc1CC=C. The van der Waals surface area contributed by atoms with Crippen molar-refractivity contribution in [2.75, 3.05) is 0 Å². The van der Waals surface area contributed by atoms with Gasteiger partial charge in [-0.1, -0.05) is 24.3 Å². The zero-order chi connectivity index (χ0) is 15.9. The zero-order valence-corrected chi connectivity index (χ0v) is 13.3. The molecule has 2 rings (SSSR count). The highest BCUT2D eigenvalue weighted by Gasteiger charge is 2.09. The minimum absolute atomic E-state index is 0.770. The first-order chi connectivity index (χ1) is 10.7. The normalized spacial score (nSPS) is 10.0. The minimum Gasteiger partial charge on any atom is -0.568 e. The van der Waals surface area contributed by atoms with E-state index >= 15 is 0 Å². The van der Waals surface area contributed by atoms with Gasteiger partial charge in [0.25, 0.3) is 0 Å². The van der Waals surface area contributed by atoms with Gasteiger partial charge in [0.2, 0.25) is 0 Å². The second-order valence-electron chi connectivity index (χ2n) is 5.05. The quantitative estimate of drug-likeness (QED) is 0.576. The second kappa shape index (κ2) is 7.60. The van der Waals surface area contributed by atoms with Gasteiger partial charge >= 0.3 is 16.1 Å². The van der Waals surface area contributed by atoms with Gasteiger partial charge in [-0.25, -0.2) is 0 Å². The molecule has 0 unspecified atom stereocenters. The van der Waals surface area contributed by atoms with Crippen molar-refractivity contribution in [3.8, 4) is 22.6 Å². The number of hydrogen-bond acceptors (Lipinski definition) is 2. The van der Waals surface area contributed by atoms with Crippen LogP contribution in [0.3, 0.4) is 0 Å². The molecule has 0 aliphatic heterocycles. The van der Waals surface area contributed by atoms with Crippen LogP contribution in [-0.2, 0) is 12.8 Å². The van der Waals surface area contributed by atoms with Crippen molar-refractivity contribution in [3.63, 3.8) is 0 Å². The lowest BCUT2D eigenvalue weighted by atomic mass is 9.97. The zero-order valence-electron chi connectivity index (χ0n) is 13.3. The van der Waals surface area contributed by atoms with Crippen molar-refractivity contribution < 1.29 is 9.31 Å². The third-order valence-electron chi connectivity index (χ3n) is 3.60. The Bertz CT molecular complexity index is 681. The van der Waals surface area contributed by atoms with Gasteiger partial charge in [-0.15, -0.1) is 13.2 Å². The standard InChI is InChI=1S/C18H20B2O2/c1-3-5-13-7-9-18(22-20)16(11-13)14-8-10-17(21-19)15(12-14)6-4-2/h3-4,7-12H,1-2,5-6,19-20H2. The topological polar surface area (TPSA) is 18.5 Å². The summed E-state index contributed by atoms with van der Waals surface area (Å²) >= 11 is 0. The molecular formula is C18H20B2O2. The summed E-state index contributed by atoms with van der Waals surface area (Å²) in [4.78, 5) is 0. The van der Waals surface area contributed by atoms with E-state index < -0.39 is 0 Å². The first kappa shape index (κ1) is 16.0. The summed E-state index contributed by atoms with van der Waals surface area (Å²) in [6.07, 6.45) is 5.40. The predicted octanol–water partition coefficient (Wildman–Crippen LogP) is 2.66. The molecule has 0 aliphatic rings. The lowest BCUT2D eigenvalue weighted by Gasteiger charge is -2.14. The fourth-order valence-electron chi connectivity index (χ4n) is 2.54. The van der Waals surface area contributed by atoms with Crippen LogP contribution in [0, 0.1) is 0 Å². The number of rotatable bonds is 7. The van der Waals surface area contributed by atoms with E-state index in [0.717, 1.165) is 41.0 Å². The van der Waals surface area contributed by atoms with Crippen molar-refractivity contribution in [2.24, 2.45) is 0 Å².